The Morgan fingerprint density at radius 1 is 1.24 bits per heavy atom. The third kappa shape index (κ3) is 4.63. The lowest BCUT2D eigenvalue weighted by Crippen LogP contribution is -2.45. The van der Waals surface area contributed by atoms with Crippen molar-refractivity contribution in [3.63, 3.8) is 0 Å². The van der Waals surface area contributed by atoms with E-state index in [1.165, 1.54) is 0 Å². The Hall–Kier alpha value is -1.75. The molecule has 1 saturated heterocycles. The number of amides is 2. The topological polar surface area (TPSA) is 53.6 Å². The summed E-state index contributed by atoms with van der Waals surface area (Å²) < 4.78 is 5.74. The first-order chi connectivity index (χ1) is 10.1. The summed E-state index contributed by atoms with van der Waals surface area (Å²) in [7, 11) is 0. The maximum absolute atomic E-state index is 11.6. The van der Waals surface area contributed by atoms with Gasteiger partial charge in [0, 0.05) is 31.0 Å². The van der Waals surface area contributed by atoms with Crippen LogP contribution in [0.25, 0.3) is 0 Å². The predicted octanol–water partition coefficient (Wildman–Crippen LogP) is 2.83. The zero-order valence-electron chi connectivity index (χ0n) is 13.1. The standard InChI is InChI=1S/C16H25N3O2/c1-4-9-17-16(20)18-14-5-7-15(8-6-14)19-10-12(2)21-13(3)11-19/h5-8,12-13H,4,9-11H2,1-3H3,(H2,17,18,20)/t12-,13-/m1/s1. The molecule has 2 atom stereocenters. The number of anilines is 2. The van der Waals surface area contributed by atoms with E-state index in [1.807, 2.05) is 31.2 Å². The van der Waals surface area contributed by atoms with Crippen molar-refractivity contribution in [3.05, 3.63) is 24.3 Å². The van der Waals surface area contributed by atoms with Gasteiger partial charge < -0.3 is 20.3 Å². The molecule has 1 fully saturated rings. The second-order valence-electron chi connectivity index (χ2n) is 5.59. The third-order valence-electron chi connectivity index (χ3n) is 3.45. The lowest BCUT2D eigenvalue weighted by atomic mass is 10.2. The van der Waals surface area contributed by atoms with Crippen molar-refractivity contribution in [3.8, 4) is 0 Å². The van der Waals surface area contributed by atoms with Crippen molar-refractivity contribution >= 4 is 17.4 Å². The lowest BCUT2D eigenvalue weighted by Gasteiger charge is -2.36. The molecular weight excluding hydrogens is 266 g/mol. The maximum atomic E-state index is 11.6. The number of nitrogens with one attached hydrogen (secondary N) is 2. The van der Waals surface area contributed by atoms with E-state index < -0.39 is 0 Å². The average Bonchev–Trinajstić information content (AvgIpc) is 2.45. The maximum Gasteiger partial charge on any atom is 0.319 e. The van der Waals surface area contributed by atoms with E-state index in [1.54, 1.807) is 0 Å². The minimum absolute atomic E-state index is 0.154. The van der Waals surface area contributed by atoms with Crippen LogP contribution in [0, 0.1) is 0 Å². The number of rotatable bonds is 4. The fourth-order valence-corrected chi connectivity index (χ4v) is 2.56. The highest BCUT2D eigenvalue weighted by Gasteiger charge is 2.22. The zero-order valence-corrected chi connectivity index (χ0v) is 13.1. The molecule has 0 aliphatic carbocycles. The van der Waals surface area contributed by atoms with Gasteiger partial charge in [0.2, 0.25) is 0 Å². The third-order valence-corrected chi connectivity index (χ3v) is 3.45. The number of ether oxygens (including phenoxy) is 1. The lowest BCUT2D eigenvalue weighted by molar-refractivity contribution is -0.00521. The highest BCUT2D eigenvalue weighted by molar-refractivity contribution is 5.89. The van der Waals surface area contributed by atoms with Gasteiger partial charge in [-0.15, -0.1) is 0 Å². The first-order valence-electron chi connectivity index (χ1n) is 7.63. The van der Waals surface area contributed by atoms with Gasteiger partial charge in [0.25, 0.3) is 0 Å². The quantitative estimate of drug-likeness (QED) is 0.897. The number of urea groups is 1. The molecule has 0 radical (unpaired) electrons. The Labute approximate surface area is 126 Å². The largest absolute Gasteiger partial charge is 0.372 e. The Morgan fingerprint density at radius 2 is 1.86 bits per heavy atom. The molecule has 116 valence electrons. The van der Waals surface area contributed by atoms with Gasteiger partial charge in [0.05, 0.1) is 12.2 Å². The number of carbonyl (C=O) groups is 1. The number of nitrogens with zero attached hydrogens (tertiary/aromatic N) is 1. The predicted molar refractivity (Wildman–Crippen MR) is 86.0 cm³/mol. The average molecular weight is 291 g/mol. The summed E-state index contributed by atoms with van der Waals surface area (Å²) in [5, 5.41) is 5.62. The van der Waals surface area contributed by atoms with Crippen LogP contribution in [0.4, 0.5) is 16.2 Å². The monoisotopic (exact) mass is 291 g/mol. The molecule has 1 aliphatic rings. The molecule has 0 saturated carbocycles. The molecule has 1 heterocycles. The molecule has 0 aromatic heterocycles. The van der Waals surface area contributed by atoms with Crippen LogP contribution in [0.3, 0.4) is 0 Å². The summed E-state index contributed by atoms with van der Waals surface area (Å²) >= 11 is 0. The summed E-state index contributed by atoms with van der Waals surface area (Å²) in [5.41, 5.74) is 1.97. The van der Waals surface area contributed by atoms with E-state index in [4.69, 9.17) is 4.74 Å². The molecule has 1 aliphatic heterocycles. The Balaban J connectivity index is 1.94. The van der Waals surface area contributed by atoms with Gasteiger partial charge in [0.1, 0.15) is 0 Å². The fourth-order valence-electron chi connectivity index (χ4n) is 2.56. The van der Waals surface area contributed by atoms with Crippen LogP contribution in [-0.2, 0) is 4.74 Å². The van der Waals surface area contributed by atoms with Crippen molar-refractivity contribution in [2.45, 2.75) is 39.4 Å². The molecular formula is C16H25N3O2. The van der Waals surface area contributed by atoms with Crippen LogP contribution in [0.2, 0.25) is 0 Å². The van der Waals surface area contributed by atoms with Gasteiger partial charge in [-0.25, -0.2) is 4.79 Å². The molecule has 5 nitrogen and oxygen atoms in total. The van der Waals surface area contributed by atoms with Crippen molar-refractivity contribution in [2.75, 3.05) is 29.9 Å². The van der Waals surface area contributed by atoms with Crippen LogP contribution in [0.1, 0.15) is 27.2 Å². The van der Waals surface area contributed by atoms with Crippen molar-refractivity contribution in [1.29, 1.82) is 0 Å². The molecule has 0 spiro atoms. The van der Waals surface area contributed by atoms with Crippen molar-refractivity contribution in [2.24, 2.45) is 0 Å². The highest BCUT2D eigenvalue weighted by atomic mass is 16.5. The van der Waals surface area contributed by atoms with Gasteiger partial charge in [-0.2, -0.15) is 0 Å². The molecule has 2 rings (SSSR count). The SMILES string of the molecule is CCCNC(=O)Nc1ccc(N2C[C@@H](C)O[C@H](C)C2)cc1. The first-order valence-corrected chi connectivity index (χ1v) is 7.63. The molecule has 21 heavy (non-hydrogen) atoms. The number of benzene rings is 1. The van der Waals surface area contributed by atoms with Gasteiger partial charge >= 0.3 is 6.03 Å². The smallest absolute Gasteiger partial charge is 0.319 e. The first kappa shape index (κ1) is 15.6. The van der Waals surface area contributed by atoms with Crippen LogP contribution < -0.4 is 15.5 Å². The Bertz CT molecular complexity index is 451. The van der Waals surface area contributed by atoms with E-state index in [0.29, 0.717) is 6.54 Å². The van der Waals surface area contributed by atoms with E-state index in [9.17, 15) is 4.79 Å². The molecule has 1 aromatic carbocycles. The number of carbonyl (C=O) groups excluding carboxylic acids is 1. The van der Waals surface area contributed by atoms with Crippen LogP contribution in [-0.4, -0.2) is 37.9 Å². The van der Waals surface area contributed by atoms with E-state index in [2.05, 4.69) is 29.4 Å². The molecule has 2 amide bonds. The minimum Gasteiger partial charge on any atom is -0.372 e. The summed E-state index contributed by atoms with van der Waals surface area (Å²) in [6.45, 7) is 8.70. The van der Waals surface area contributed by atoms with Gasteiger partial charge in [-0.1, -0.05) is 6.92 Å². The van der Waals surface area contributed by atoms with Crippen LogP contribution in [0.5, 0.6) is 0 Å². The molecule has 2 N–H and O–H groups in total. The van der Waals surface area contributed by atoms with Crippen molar-refractivity contribution in [1.82, 2.24) is 5.32 Å². The molecule has 5 heteroatoms. The van der Waals surface area contributed by atoms with Gasteiger partial charge in [0.15, 0.2) is 0 Å². The number of hydrogen-bond donors (Lipinski definition) is 2. The summed E-state index contributed by atoms with van der Waals surface area (Å²) in [5.74, 6) is 0. The molecule has 0 unspecified atom stereocenters. The van der Waals surface area contributed by atoms with Crippen LogP contribution >= 0.6 is 0 Å². The normalized spacial score (nSPS) is 22.0. The van der Waals surface area contributed by atoms with Gasteiger partial charge in [-0.3, -0.25) is 0 Å². The fraction of sp³-hybridized carbons (Fsp3) is 0.562. The Kier molecular flexibility index (Phi) is 5.44. The number of hydrogen-bond acceptors (Lipinski definition) is 3. The summed E-state index contributed by atoms with van der Waals surface area (Å²) in [4.78, 5) is 13.9. The zero-order chi connectivity index (χ0) is 15.2. The van der Waals surface area contributed by atoms with Gasteiger partial charge in [-0.05, 0) is 44.5 Å². The second-order valence-corrected chi connectivity index (χ2v) is 5.59. The summed E-state index contributed by atoms with van der Waals surface area (Å²) in [6.07, 6.45) is 1.41. The minimum atomic E-state index is -0.154. The number of morpholine rings is 1. The molecule has 0 bridgehead atoms. The van der Waals surface area contributed by atoms with Crippen LogP contribution in [0.15, 0.2) is 24.3 Å². The van der Waals surface area contributed by atoms with E-state index in [0.717, 1.165) is 30.9 Å². The summed E-state index contributed by atoms with van der Waals surface area (Å²) in [6, 6.07) is 7.80. The Morgan fingerprint density at radius 3 is 2.43 bits per heavy atom. The van der Waals surface area contributed by atoms with Crippen molar-refractivity contribution < 1.29 is 9.53 Å². The highest BCUT2D eigenvalue weighted by Crippen LogP contribution is 2.22. The second kappa shape index (κ2) is 7.31. The van der Waals surface area contributed by atoms with E-state index in [-0.39, 0.29) is 18.2 Å². The van der Waals surface area contributed by atoms with E-state index >= 15 is 0 Å². The molecule has 1 aromatic rings.